The lowest BCUT2D eigenvalue weighted by atomic mass is 10.1. The molecule has 0 saturated carbocycles. The second-order valence-corrected chi connectivity index (χ2v) is 6.43. The molecule has 0 amide bonds. The Kier molecular flexibility index (Phi) is 4.97. The molecule has 7 nitrogen and oxygen atoms in total. The fraction of sp³-hybridized carbons (Fsp3) is 0.538. The first-order chi connectivity index (χ1) is 9.85. The van der Waals surface area contributed by atoms with Gasteiger partial charge in [0.05, 0.1) is 11.5 Å². The maximum Gasteiger partial charge on any atom is 0.297 e. The summed E-state index contributed by atoms with van der Waals surface area (Å²) in [4.78, 5) is 0.0180. The summed E-state index contributed by atoms with van der Waals surface area (Å²) < 4.78 is 38.8. The van der Waals surface area contributed by atoms with Gasteiger partial charge in [0.2, 0.25) is 0 Å². The van der Waals surface area contributed by atoms with Crippen molar-refractivity contribution in [3.05, 3.63) is 29.8 Å². The molecule has 21 heavy (non-hydrogen) atoms. The van der Waals surface area contributed by atoms with E-state index in [9.17, 15) is 18.6 Å². The van der Waals surface area contributed by atoms with Crippen LogP contribution in [0.25, 0.3) is 0 Å². The Morgan fingerprint density at radius 1 is 1.19 bits per heavy atom. The molecule has 0 unspecified atom stereocenters. The molecule has 0 radical (unpaired) electrons. The monoisotopic (exact) mass is 318 g/mol. The van der Waals surface area contributed by atoms with Crippen LogP contribution in [0.5, 0.6) is 0 Å². The molecule has 1 aliphatic heterocycles. The van der Waals surface area contributed by atoms with Crippen LogP contribution in [-0.4, -0.2) is 56.9 Å². The van der Waals surface area contributed by atoms with Crippen LogP contribution >= 0.6 is 0 Å². The van der Waals surface area contributed by atoms with Crippen molar-refractivity contribution in [2.45, 2.75) is 36.4 Å². The summed E-state index contributed by atoms with van der Waals surface area (Å²) >= 11 is 0. The van der Waals surface area contributed by atoms with Crippen molar-refractivity contribution in [1.29, 1.82) is 0 Å². The van der Waals surface area contributed by atoms with Gasteiger partial charge in [-0.2, -0.15) is 8.42 Å². The SMILES string of the molecule is CO[C@H]1O[C@@H](COS(=O)(=O)c2ccc(C)cc2)[C@H](O)[C@H]1O. The van der Waals surface area contributed by atoms with Crippen molar-refractivity contribution in [2.75, 3.05) is 13.7 Å². The van der Waals surface area contributed by atoms with Gasteiger partial charge in [0, 0.05) is 7.11 Å². The van der Waals surface area contributed by atoms with E-state index in [1.165, 1.54) is 19.2 Å². The molecule has 1 aromatic rings. The summed E-state index contributed by atoms with van der Waals surface area (Å²) in [6.07, 6.45) is -4.50. The number of hydrogen-bond donors (Lipinski definition) is 2. The third kappa shape index (κ3) is 3.60. The Morgan fingerprint density at radius 2 is 1.81 bits per heavy atom. The van der Waals surface area contributed by atoms with Gasteiger partial charge in [-0.25, -0.2) is 0 Å². The van der Waals surface area contributed by atoms with Crippen LogP contribution in [0.4, 0.5) is 0 Å². The average molecular weight is 318 g/mol. The van der Waals surface area contributed by atoms with Crippen molar-refractivity contribution in [1.82, 2.24) is 0 Å². The van der Waals surface area contributed by atoms with Crippen LogP contribution in [0.2, 0.25) is 0 Å². The van der Waals surface area contributed by atoms with E-state index >= 15 is 0 Å². The van der Waals surface area contributed by atoms with Crippen LogP contribution < -0.4 is 0 Å². The number of aliphatic hydroxyl groups is 2. The number of aryl methyl sites for hydroxylation is 1. The Hall–Kier alpha value is -1.03. The predicted octanol–water partition coefficient (Wildman–Crippen LogP) is -0.207. The lowest BCUT2D eigenvalue weighted by molar-refractivity contribution is -0.151. The van der Waals surface area contributed by atoms with E-state index in [-0.39, 0.29) is 4.90 Å². The quantitative estimate of drug-likeness (QED) is 0.724. The summed E-state index contributed by atoms with van der Waals surface area (Å²) in [6.45, 7) is 1.43. The fourth-order valence-electron chi connectivity index (χ4n) is 1.98. The van der Waals surface area contributed by atoms with Crippen molar-refractivity contribution in [3.8, 4) is 0 Å². The van der Waals surface area contributed by atoms with E-state index in [4.69, 9.17) is 13.7 Å². The zero-order chi connectivity index (χ0) is 15.6. The van der Waals surface area contributed by atoms with Crippen LogP contribution in [0.3, 0.4) is 0 Å². The van der Waals surface area contributed by atoms with Gasteiger partial charge in [0.1, 0.15) is 18.3 Å². The second kappa shape index (κ2) is 6.39. The molecule has 1 fully saturated rings. The Balaban J connectivity index is 2.01. The number of rotatable bonds is 5. The molecule has 1 aromatic carbocycles. The lowest BCUT2D eigenvalue weighted by Gasteiger charge is -2.14. The molecule has 0 spiro atoms. The summed E-state index contributed by atoms with van der Waals surface area (Å²) in [5, 5.41) is 19.3. The highest BCUT2D eigenvalue weighted by Crippen LogP contribution is 2.23. The highest BCUT2D eigenvalue weighted by molar-refractivity contribution is 7.86. The molecule has 0 aromatic heterocycles. The minimum absolute atomic E-state index is 0.0180. The summed E-state index contributed by atoms with van der Waals surface area (Å²) in [5.74, 6) is 0. The molecular formula is C13H18O7S. The highest BCUT2D eigenvalue weighted by Gasteiger charge is 2.43. The summed E-state index contributed by atoms with van der Waals surface area (Å²) in [7, 11) is -2.63. The van der Waals surface area contributed by atoms with E-state index in [1.807, 2.05) is 6.92 Å². The molecule has 1 aliphatic rings. The standard InChI is InChI=1S/C13H18O7S/c1-8-3-5-9(6-4-8)21(16,17)19-7-10-11(14)12(15)13(18-2)20-10/h3-6,10-15H,7H2,1-2H3/t10-,11-,12+,13-/m0/s1. The van der Waals surface area contributed by atoms with E-state index in [0.29, 0.717) is 0 Å². The molecule has 1 heterocycles. The van der Waals surface area contributed by atoms with E-state index in [2.05, 4.69) is 0 Å². The van der Waals surface area contributed by atoms with Gasteiger partial charge in [-0.1, -0.05) is 17.7 Å². The first-order valence-corrected chi connectivity index (χ1v) is 7.76. The molecule has 2 N–H and O–H groups in total. The number of methoxy groups -OCH3 is 1. The number of benzene rings is 1. The van der Waals surface area contributed by atoms with Gasteiger partial charge in [-0.15, -0.1) is 0 Å². The summed E-state index contributed by atoms with van der Waals surface area (Å²) in [5.41, 5.74) is 0.926. The normalized spacial score (nSPS) is 29.7. The molecule has 8 heteroatoms. The topological polar surface area (TPSA) is 102 Å². The van der Waals surface area contributed by atoms with E-state index in [1.54, 1.807) is 12.1 Å². The van der Waals surface area contributed by atoms with E-state index in [0.717, 1.165) is 5.56 Å². The number of ether oxygens (including phenoxy) is 2. The molecule has 0 aliphatic carbocycles. The Labute approximate surface area is 123 Å². The predicted molar refractivity (Wildman–Crippen MR) is 72.0 cm³/mol. The molecule has 1 saturated heterocycles. The minimum atomic E-state index is -3.94. The molecule has 2 rings (SSSR count). The molecule has 118 valence electrons. The van der Waals surface area contributed by atoms with Crippen LogP contribution in [0, 0.1) is 6.92 Å². The zero-order valence-corrected chi connectivity index (χ0v) is 12.5. The Morgan fingerprint density at radius 3 is 2.33 bits per heavy atom. The van der Waals surface area contributed by atoms with E-state index < -0.39 is 41.3 Å². The minimum Gasteiger partial charge on any atom is -0.387 e. The van der Waals surface area contributed by atoms with Crippen LogP contribution in [-0.2, 0) is 23.8 Å². The fourth-order valence-corrected chi connectivity index (χ4v) is 2.90. The Bertz CT molecular complexity index is 569. The zero-order valence-electron chi connectivity index (χ0n) is 11.7. The van der Waals surface area contributed by atoms with Crippen molar-refractivity contribution >= 4 is 10.1 Å². The third-order valence-electron chi connectivity index (χ3n) is 3.25. The lowest BCUT2D eigenvalue weighted by Crippen LogP contribution is -2.35. The van der Waals surface area contributed by atoms with Gasteiger partial charge < -0.3 is 19.7 Å². The van der Waals surface area contributed by atoms with Gasteiger partial charge in [0.25, 0.3) is 10.1 Å². The highest BCUT2D eigenvalue weighted by atomic mass is 32.2. The summed E-state index contributed by atoms with van der Waals surface area (Å²) in [6, 6.07) is 6.18. The van der Waals surface area contributed by atoms with Gasteiger partial charge >= 0.3 is 0 Å². The van der Waals surface area contributed by atoms with Crippen molar-refractivity contribution in [3.63, 3.8) is 0 Å². The molecular weight excluding hydrogens is 300 g/mol. The van der Waals surface area contributed by atoms with Crippen LogP contribution in [0.1, 0.15) is 5.56 Å². The third-order valence-corrected chi connectivity index (χ3v) is 4.54. The number of aliphatic hydroxyl groups excluding tert-OH is 2. The maximum absolute atomic E-state index is 12.0. The largest absolute Gasteiger partial charge is 0.387 e. The first kappa shape index (κ1) is 16.3. The molecule has 4 atom stereocenters. The van der Waals surface area contributed by atoms with Crippen molar-refractivity contribution < 1.29 is 32.3 Å². The van der Waals surface area contributed by atoms with Gasteiger partial charge in [-0.3, -0.25) is 4.18 Å². The maximum atomic E-state index is 12.0. The smallest absolute Gasteiger partial charge is 0.297 e. The number of hydrogen-bond acceptors (Lipinski definition) is 7. The van der Waals surface area contributed by atoms with Crippen molar-refractivity contribution in [2.24, 2.45) is 0 Å². The second-order valence-electron chi connectivity index (χ2n) is 4.81. The van der Waals surface area contributed by atoms with Gasteiger partial charge in [0.15, 0.2) is 6.29 Å². The molecule has 0 bridgehead atoms. The average Bonchev–Trinajstić information content (AvgIpc) is 2.73. The van der Waals surface area contributed by atoms with Gasteiger partial charge in [-0.05, 0) is 19.1 Å². The van der Waals surface area contributed by atoms with Crippen LogP contribution in [0.15, 0.2) is 29.2 Å². The first-order valence-electron chi connectivity index (χ1n) is 6.35.